The highest BCUT2D eigenvalue weighted by molar-refractivity contribution is 7.12. The Bertz CT molecular complexity index is 1330. The minimum Gasteiger partial charge on any atom is -0.497 e. The summed E-state index contributed by atoms with van der Waals surface area (Å²) in [6.45, 7) is -0.364. The van der Waals surface area contributed by atoms with E-state index in [2.05, 4.69) is 10.1 Å². The fraction of sp³-hybridized carbons (Fsp3) is 0.0952. The second-order valence-corrected chi connectivity index (χ2v) is 7.01. The summed E-state index contributed by atoms with van der Waals surface area (Å²) < 4.78 is 85.1. The van der Waals surface area contributed by atoms with Gasteiger partial charge in [-0.25, -0.2) is 17.6 Å². The van der Waals surface area contributed by atoms with Gasteiger partial charge in [0.1, 0.15) is 22.9 Å². The number of benzene rings is 2. The van der Waals surface area contributed by atoms with E-state index in [1.807, 2.05) is 0 Å². The lowest BCUT2D eigenvalue weighted by Gasteiger charge is -2.14. The van der Waals surface area contributed by atoms with Gasteiger partial charge in [0.2, 0.25) is 0 Å². The van der Waals surface area contributed by atoms with Gasteiger partial charge in [0.05, 0.1) is 28.3 Å². The quantitative estimate of drug-likeness (QED) is 0.318. The number of methoxy groups -OCH3 is 1. The van der Waals surface area contributed by atoms with Crippen molar-refractivity contribution in [2.24, 2.45) is 0 Å². The summed E-state index contributed by atoms with van der Waals surface area (Å²) in [7, 11) is -2.88. The van der Waals surface area contributed by atoms with Crippen LogP contribution in [0.3, 0.4) is 0 Å². The van der Waals surface area contributed by atoms with Gasteiger partial charge in [-0.2, -0.15) is 5.26 Å². The first kappa shape index (κ1) is 18.8. The van der Waals surface area contributed by atoms with Crippen LogP contribution in [0.4, 0.5) is 23.2 Å². The molecule has 32 heavy (non-hydrogen) atoms. The third-order valence-corrected chi connectivity index (χ3v) is 5.10. The van der Waals surface area contributed by atoms with Gasteiger partial charge in [0, 0.05) is 0 Å². The third kappa shape index (κ3) is 4.26. The van der Waals surface area contributed by atoms with Crippen LogP contribution in [0.25, 0.3) is 11.1 Å². The predicted molar refractivity (Wildman–Crippen MR) is 108 cm³/mol. The number of nitrogens with one attached hydrogen (secondary N) is 2. The first-order chi connectivity index (χ1) is 16.4. The molecule has 164 valence electrons. The monoisotopic (exact) mass is 466 g/mol. The van der Waals surface area contributed by atoms with Crippen LogP contribution < -0.4 is 15.4 Å². The number of ether oxygens (including phenoxy) is 1. The Kier molecular flexibility index (Phi) is 5.58. The molecule has 0 aliphatic rings. The zero-order chi connectivity index (χ0) is 25.9. The van der Waals surface area contributed by atoms with Crippen molar-refractivity contribution in [2.75, 3.05) is 18.9 Å². The number of hydrogen-bond acceptors (Lipinski definition) is 5. The molecule has 0 unspecified atom stereocenters. The fourth-order valence-corrected chi connectivity index (χ4v) is 3.56. The summed E-state index contributed by atoms with van der Waals surface area (Å²) in [6.07, 6.45) is 0. The van der Waals surface area contributed by atoms with Crippen LogP contribution in [-0.4, -0.2) is 25.4 Å². The van der Waals surface area contributed by atoms with Gasteiger partial charge in [0.25, 0.3) is 11.8 Å². The topological polar surface area (TPSA) is 91.2 Å². The zero-order valence-corrected chi connectivity index (χ0v) is 16.6. The van der Waals surface area contributed by atoms with Crippen LogP contribution in [-0.2, 0) is 0 Å². The second-order valence-electron chi connectivity index (χ2n) is 6.09. The minimum atomic E-state index is -2.88. The lowest BCUT2D eigenvalue weighted by Crippen LogP contribution is -2.25. The van der Waals surface area contributed by atoms with Gasteiger partial charge in [-0.3, -0.25) is 9.59 Å². The molecule has 3 aromatic rings. The summed E-state index contributed by atoms with van der Waals surface area (Å²) >= 11 is 0.797. The SMILES string of the molecule is [2H]C([2H])([2H])Oc1cccc(-c2c(F)c(F)c(NC(=O)c3ccsc3C(=O)NCC#N)c(F)c2F)c1. The van der Waals surface area contributed by atoms with E-state index >= 15 is 0 Å². The van der Waals surface area contributed by atoms with Crippen molar-refractivity contribution < 1.29 is 36.0 Å². The molecule has 0 fully saturated rings. The van der Waals surface area contributed by atoms with E-state index in [0.717, 1.165) is 41.7 Å². The molecule has 2 aromatic carbocycles. The summed E-state index contributed by atoms with van der Waals surface area (Å²) in [6, 6.07) is 7.09. The number of carbonyl (C=O) groups excluding carboxylic acids is 2. The smallest absolute Gasteiger partial charge is 0.262 e. The minimum absolute atomic E-state index is 0.192. The lowest BCUT2D eigenvalue weighted by atomic mass is 10.0. The van der Waals surface area contributed by atoms with Gasteiger partial charge in [-0.1, -0.05) is 12.1 Å². The number of hydrogen-bond donors (Lipinski definition) is 2. The number of amides is 2. The van der Waals surface area contributed by atoms with Crippen LogP contribution in [0.15, 0.2) is 35.7 Å². The Morgan fingerprint density at radius 2 is 1.84 bits per heavy atom. The molecular weight excluding hydrogens is 450 g/mol. The maximum Gasteiger partial charge on any atom is 0.262 e. The molecule has 2 amide bonds. The van der Waals surface area contributed by atoms with Crippen molar-refractivity contribution in [3.8, 4) is 22.9 Å². The number of halogens is 4. The van der Waals surface area contributed by atoms with Gasteiger partial charge in [0.15, 0.2) is 23.3 Å². The number of rotatable bonds is 6. The van der Waals surface area contributed by atoms with Crippen molar-refractivity contribution in [3.63, 3.8) is 0 Å². The molecule has 0 radical (unpaired) electrons. The molecule has 0 spiro atoms. The van der Waals surface area contributed by atoms with Crippen LogP contribution in [0.5, 0.6) is 5.75 Å². The average Bonchev–Trinajstić information content (AvgIpc) is 3.28. The summed E-state index contributed by atoms with van der Waals surface area (Å²) in [5.41, 5.74) is -3.35. The molecule has 1 aromatic heterocycles. The van der Waals surface area contributed by atoms with E-state index in [1.54, 1.807) is 11.4 Å². The van der Waals surface area contributed by atoms with Gasteiger partial charge >= 0.3 is 0 Å². The lowest BCUT2D eigenvalue weighted by molar-refractivity contribution is 0.0949. The molecule has 0 bridgehead atoms. The highest BCUT2D eigenvalue weighted by atomic mass is 32.1. The Morgan fingerprint density at radius 1 is 1.12 bits per heavy atom. The van der Waals surface area contributed by atoms with E-state index in [4.69, 9.17) is 9.37 Å². The molecule has 3 rings (SSSR count). The molecular formula is C21H13F4N3O3S. The number of carbonyl (C=O) groups is 2. The van der Waals surface area contributed by atoms with Crippen molar-refractivity contribution in [1.82, 2.24) is 5.32 Å². The summed E-state index contributed by atoms with van der Waals surface area (Å²) in [4.78, 5) is 24.4. The number of anilines is 1. The molecule has 1 heterocycles. The predicted octanol–water partition coefficient (Wildman–Crippen LogP) is 4.49. The third-order valence-electron chi connectivity index (χ3n) is 4.19. The van der Waals surface area contributed by atoms with Crippen LogP contribution in [0.1, 0.15) is 24.1 Å². The summed E-state index contributed by atoms with van der Waals surface area (Å²) in [5.74, 6) is -9.95. The molecule has 0 aliphatic carbocycles. The Labute approximate surface area is 187 Å². The first-order valence-electron chi connectivity index (χ1n) is 10.1. The van der Waals surface area contributed by atoms with Crippen molar-refractivity contribution in [1.29, 1.82) is 5.26 Å². The summed E-state index contributed by atoms with van der Waals surface area (Å²) in [5, 5.41) is 13.8. The van der Waals surface area contributed by atoms with Gasteiger partial charge in [-0.05, 0) is 29.1 Å². The molecule has 0 saturated carbocycles. The Morgan fingerprint density at radius 3 is 2.50 bits per heavy atom. The van der Waals surface area contributed by atoms with E-state index < -0.39 is 58.9 Å². The highest BCUT2D eigenvalue weighted by Crippen LogP contribution is 2.36. The molecule has 0 aliphatic heterocycles. The fourth-order valence-electron chi connectivity index (χ4n) is 2.75. The van der Waals surface area contributed by atoms with Crippen LogP contribution in [0, 0.1) is 34.6 Å². The number of nitrogens with zero attached hydrogens (tertiary/aromatic N) is 1. The molecule has 0 atom stereocenters. The zero-order valence-electron chi connectivity index (χ0n) is 18.8. The standard InChI is InChI=1S/C21H13F4N3O3S/c1-31-11-4-2-3-10(9-11)13-14(22)16(24)18(17(25)15(13)23)28-20(29)12-5-8-32-19(12)21(30)27-7-6-26/h2-5,8-9H,7H2,1H3,(H,27,30)(H,28,29)/i1D3. The highest BCUT2D eigenvalue weighted by Gasteiger charge is 2.29. The Hall–Kier alpha value is -3.91. The van der Waals surface area contributed by atoms with Crippen LogP contribution >= 0.6 is 11.3 Å². The average molecular weight is 466 g/mol. The maximum atomic E-state index is 14.8. The first-order valence-corrected chi connectivity index (χ1v) is 9.52. The Balaban J connectivity index is 1.98. The van der Waals surface area contributed by atoms with E-state index in [1.165, 1.54) is 5.38 Å². The molecule has 2 N–H and O–H groups in total. The normalized spacial score (nSPS) is 12.2. The molecule has 11 heteroatoms. The van der Waals surface area contributed by atoms with Crippen LogP contribution in [0.2, 0.25) is 0 Å². The van der Waals surface area contributed by atoms with Crippen molar-refractivity contribution >= 4 is 28.8 Å². The van der Waals surface area contributed by atoms with E-state index in [-0.39, 0.29) is 22.7 Å². The van der Waals surface area contributed by atoms with Gasteiger partial charge in [-0.15, -0.1) is 11.3 Å². The van der Waals surface area contributed by atoms with Crippen molar-refractivity contribution in [2.45, 2.75) is 0 Å². The number of nitriles is 1. The van der Waals surface area contributed by atoms with E-state index in [0.29, 0.717) is 0 Å². The van der Waals surface area contributed by atoms with Gasteiger partial charge < -0.3 is 15.4 Å². The maximum absolute atomic E-state index is 14.8. The van der Waals surface area contributed by atoms with Crippen molar-refractivity contribution in [3.05, 3.63) is 69.4 Å². The largest absolute Gasteiger partial charge is 0.497 e. The van der Waals surface area contributed by atoms with E-state index in [9.17, 15) is 27.2 Å². The molecule has 0 saturated heterocycles. The number of thiophene rings is 1. The molecule has 6 nitrogen and oxygen atoms in total. The second kappa shape index (κ2) is 9.49.